The molecule has 0 amide bonds. The van der Waals surface area contributed by atoms with E-state index in [1.54, 1.807) is 19.2 Å². The van der Waals surface area contributed by atoms with Crippen molar-refractivity contribution < 1.29 is 4.39 Å². The highest BCUT2D eigenvalue weighted by molar-refractivity contribution is 5.79. The molecule has 0 saturated carbocycles. The fourth-order valence-corrected chi connectivity index (χ4v) is 1.97. The van der Waals surface area contributed by atoms with Crippen LogP contribution in [0.3, 0.4) is 0 Å². The standard InChI is InChI=1S/C15H25FN4/c1-11(2)19-15(17-3)18-10-14(20(4)5)12-7-6-8-13(16)9-12/h6-9,11,14H,10H2,1-5H3,(H2,17,18,19). The summed E-state index contributed by atoms with van der Waals surface area (Å²) >= 11 is 0. The van der Waals surface area contributed by atoms with Crippen LogP contribution < -0.4 is 10.6 Å². The van der Waals surface area contributed by atoms with Crippen LogP contribution in [0, 0.1) is 5.82 Å². The first kappa shape index (κ1) is 16.4. The summed E-state index contributed by atoms with van der Waals surface area (Å²) in [5.74, 6) is 0.544. The van der Waals surface area contributed by atoms with Crippen molar-refractivity contribution in [1.82, 2.24) is 15.5 Å². The minimum atomic E-state index is -0.209. The van der Waals surface area contributed by atoms with Crippen molar-refractivity contribution in [3.8, 4) is 0 Å². The molecule has 112 valence electrons. The molecule has 0 aliphatic heterocycles. The molecule has 0 aliphatic rings. The molecule has 5 heteroatoms. The maximum atomic E-state index is 13.4. The van der Waals surface area contributed by atoms with E-state index in [-0.39, 0.29) is 11.9 Å². The summed E-state index contributed by atoms with van der Waals surface area (Å²) in [6, 6.07) is 7.11. The first-order valence-electron chi connectivity index (χ1n) is 6.83. The molecule has 1 aromatic rings. The van der Waals surface area contributed by atoms with E-state index in [2.05, 4.69) is 34.4 Å². The second kappa shape index (κ2) is 7.85. The van der Waals surface area contributed by atoms with E-state index in [1.807, 2.05) is 20.2 Å². The van der Waals surface area contributed by atoms with Gasteiger partial charge in [0.2, 0.25) is 0 Å². The predicted molar refractivity (Wildman–Crippen MR) is 82.5 cm³/mol. The van der Waals surface area contributed by atoms with Gasteiger partial charge in [-0.15, -0.1) is 0 Å². The lowest BCUT2D eigenvalue weighted by Gasteiger charge is -2.26. The van der Waals surface area contributed by atoms with Gasteiger partial charge in [0.1, 0.15) is 5.82 Å². The summed E-state index contributed by atoms with van der Waals surface area (Å²) < 4.78 is 13.4. The summed E-state index contributed by atoms with van der Waals surface area (Å²) in [4.78, 5) is 6.23. The van der Waals surface area contributed by atoms with Crippen molar-refractivity contribution in [2.75, 3.05) is 27.7 Å². The van der Waals surface area contributed by atoms with Crippen LogP contribution in [0.2, 0.25) is 0 Å². The molecule has 1 atom stereocenters. The number of nitrogens with zero attached hydrogens (tertiary/aromatic N) is 2. The molecular weight excluding hydrogens is 255 g/mol. The van der Waals surface area contributed by atoms with E-state index in [9.17, 15) is 4.39 Å². The van der Waals surface area contributed by atoms with E-state index >= 15 is 0 Å². The number of aliphatic imine (C=N–C) groups is 1. The van der Waals surface area contributed by atoms with Crippen LogP contribution in [0.25, 0.3) is 0 Å². The number of guanidine groups is 1. The topological polar surface area (TPSA) is 39.7 Å². The van der Waals surface area contributed by atoms with Crippen LogP contribution >= 0.6 is 0 Å². The number of nitrogens with one attached hydrogen (secondary N) is 2. The van der Waals surface area contributed by atoms with Gasteiger partial charge in [0.25, 0.3) is 0 Å². The molecule has 0 saturated heterocycles. The van der Waals surface area contributed by atoms with Crippen molar-refractivity contribution in [3.63, 3.8) is 0 Å². The minimum Gasteiger partial charge on any atom is -0.354 e. The third kappa shape index (κ3) is 5.17. The van der Waals surface area contributed by atoms with Gasteiger partial charge in [0.05, 0.1) is 6.04 Å². The fraction of sp³-hybridized carbons (Fsp3) is 0.533. The van der Waals surface area contributed by atoms with E-state index in [1.165, 1.54) is 6.07 Å². The lowest BCUT2D eigenvalue weighted by Crippen LogP contribution is -2.44. The number of halogens is 1. The van der Waals surface area contributed by atoms with Gasteiger partial charge >= 0.3 is 0 Å². The lowest BCUT2D eigenvalue weighted by molar-refractivity contribution is 0.297. The largest absolute Gasteiger partial charge is 0.354 e. The zero-order chi connectivity index (χ0) is 15.1. The zero-order valence-electron chi connectivity index (χ0n) is 12.9. The molecule has 1 unspecified atom stereocenters. The monoisotopic (exact) mass is 280 g/mol. The van der Waals surface area contributed by atoms with Crippen LogP contribution in [0.15, 0.2) is 29.3 Å². The summed E-state index contributed by atoms with van der Waals surface area (Å²) in [5, 5.41) is 6.51. The van der Waals surface area contributed by atoms with E-state index in [4.69, 9.17) is 0 Å². The van der Waals surface area contributed by atoms with Crippen molar-refractivity contribution in [1.29, 1.82) is 0 Å². The lowest BCUT2D eigenvalue weighted by atomic mass is 10.1. The molecule has 2 N–H and O–H groups in total. The number of hydrogen-bond acceptors (Lipinski definition) is 2. The average molecular weight is 280 g/mol. The van der Waals surface area contributed by atoms with Crippen LogP contribution in [0.1, 0.15) is 25.5 Å². The minimum absolute atomic E-state index is 0.0800. The molecule has 1 aromatic carbocycles. The van der Waals surface area contributed by atoms with Crippen LogP contribution in [-0.4, -0.2) is 44.6 Å². The molecule has 0 bridgehead atoms. The maximum Gasteiger partial charge on any atom is 0.191 e. The van der Waals surface area contributed by atoms with Crippen LogP contribution in [0.5, 0.6) is 0 Å². The molecule has 4 nitrogen and oxygen atoms in total. The fourth-order valence-electron chi connectivity index (χ4n) is 1.97. The molecule has 0 aromatic heterocycles. The Hall–Kier alpha value is -1.62. The Bertz CT molecular complexity index is 443. The Kier molecular flexibility index (Phi) is 6.45. The summed E-state index contributed by atoms with van der Waals surface area (Å²) in [5.41, 5.74) is 0.947. The highest BCUT2D eigenvalue weighted by Gasteiger charge is 2.15. The SMILES string of the molecule is CN=C(NCC(c1cccc(F)c1)N(C)C)NC(C)C. The van der Waals surface area contributed by atoms with Crippen molar-refractivity contribution in [3.05, 3.63) is 35.6 Å². The number of benzene rings is 1. The van der Waals surface area contributed by atoms with Gasteiger partial charge in [0, 0.05) is 19.6 Å². The van der Waals surface area contributed by atoms with Gasteiger partial charge in [0.15, 0.2) is 5.96 Å². The molecule has 0 aliphatic carbocycles. The summed E-state index contributed by atoms with van der Waals surface area (Å²) in [7, 11) is 5.70. The Balaban J connectivity index is 2.74. The molecule has 0 radical (unpaired) electrons. The third-order valence-electron chi connectivity index (χ3n) is 2.97. The summed E-state index contributed by atoms with van der Waals surface area (Å²) in [6.45, 7) is 4.77. The normalized spacial score (nSPS) is 13.7. The molecule has 0 spiro atoms. The molecule has 0 heterocycles. The van der Waals surface area contributed by atoms with Crippen molar-refractivity contribution in [2.45, 2.75) is 25.9 Å². The molecule has 0 fully saturated rings. The first-order chi connectivity index (χ1) is 9.43. The van der Waals surface area contributed by atoms with Gasteiger partial charge in [-0.25, -0.2) is 4.39 Å². The Labute approximate surface area is 121 Å². The second-order valence-corrected chi connectivity index (χ2v) is 5.29. The Morgan fingerprint density at radius 1 is 1.35 bits per heavy atom. The maximum absolute atomic E-state index is 13.4. The number of hydrogen-bond donors (Lipinski definition) is 2. The zero-order valence-corrected chi connectivity index (χ0v) is 12.9. The van der Waals surface area contributed by atoms with Crippen molar-refractivity contribution in [2.24, 2.45) is 4.99 Å². The quantitative estimate of drug-likeness (QED) is 0.640. The van der Waals surface area contributed by atoms with Crippen molar-refractivity contribution >= 4 is 5.96 Å². The van der Waals surface area contributed by atoms with Gasteiger partial charge in [-0.05, 0) is 45.6 Å². The van der Waals surface area contributed by atoms with E-state index in [0.717, 1.165) is 11.5 Å². The Morgan fingerprint density at radius 3 is 2.55 bits per heavy atom. The van der Waals surface area contributed by atoms with E-state index in [0.29, 0.717) is 12.6 Å². The number of likely N-dealkylation sites (N-methyl/N-ethyl adjacent to an activating group) is 1. The highest BCUT2D eigenvalue weighted by atomic mass is 19.1. The highest BCUT2D eigenvalue weighted by Crippen LogP contribution is 2.18. The predicted octanol–water partition coefficient (Wildman–Crippen LogP) is 2.00. The number of rotatable bonds is 5. The second-order valence-electron chi connectivity index (χ2n) is 5.29. The summed E-state index contributed by atoms with van der Waals surface area (Å²) in [6.07, 6.45) is 0. The van der Waals surface area contributed by atoms with Crippen LogP contribution in [0.4, 0.5) is 4.39 Å². The molecular formula is C15H25FN4. The third-order valence-corrected chi connectivity index (χ3v) is 2.97. The van der Waals surface area contributed by atoms with Gasteiger partial charge in [-0.3, -0.25) is 4.99 Å². The van der Waals surface area contributed by atoms with Gasteiger partial charge in [-0.1, -0.05) is 12.1 Å². The Morgan fingerprint density at radius 2 is 2.05 bits per heavy atom. The average Bonchev–Trinajstić information content (AvgIpc) is 2.36. The smallest absolute Gasteiger partial charge is 0.191 e. The molecule has 1 rings (SSSR count). The van der Waals surface area contributed by atoms with E-state index < -0.39 is 0 Å². The molecule has 20 heavy (non-hydrogen) atoms. The first-order valence-corrected chi connectivity index (χ1v) is 6.83. The van der Waals surface area contributed by atoms with Crippen LogP contribution in [-0.2, 0) is 0 Å². The van der Waals surface area contributed by atoms with Gasteiger partial charge < -0.3 is 15.5 Å². The van der Waals surface area contributed by atoms with Gasteiger partial charge in [-0.2, -0.15) is 0 Å².